The third kappa shape index (κ3) is 6.93. The highest BCUT2D eigenvalue weighted by Crippen LogP contribution is 2.24. The quantitative estimate of drug-likeness (QED) is 0.689. The lowest BCUT2D eigenvalue weighted by Gasteiger charge is -2.23. The van der Waals surface area contributed by atoms with E-state index in [1.807, 2.05) is 24.4 Å². The smallest absolute Gasteiger partial charge is 0.315 e. The molecule has 0 bridgehead atoms. The van der Waals surface area contributed by atoms with Crippen LogP contribution in [0.25, 0.3) is 0 Å². The van der Waals surface area contributed by atoms with Gasteiger partial charge in [0, 0.05) is 11.5 Å². The van der Waals surface area contributed by atoms with Crippen molar-refractivity contribution in [1.82, 2.24) is 10.6 Å². The van der Waals surface area contributed by atoms with Crippen LogP contribution in [0.15, 0.2) is 17.5 Å². The summed E-state index contributed by atoms with van der Waals surface area (Å²) in [6, 6.07) is 3.36. The Morgan fingerprint density at radius 3 is 2.71 bits per heavy atom. The number of nitrogens with one attached hydrogen (secondary N) is 2. The van der Waals surface area contributed by atoms with Crippen LogP contribution in [0.3, 0.4) is 0 Å². The summed E-state index contributed by atoms with van der Waals surface area (Å²) in [5.41, 5.74) is -1.05. The zero-order chi connectivity index (χ0) is 15.9. The maximum Gasteiger partial charge on any atom is 0.315 e. The van der Waals surface area contributed by atoms with Crippen LogP contribution < -0.4 is 10.6 Å². The molecule has 5 nitrogen and oxygen atoms in total. The molecular formula is C15H26N2O3S. The van der Waals surface area contributed by atoms with Gasteiger partial charge < -0.3 is 20.5 Å². The van der Waals surface area contributed by atoms with E-state index < -0.39 is 5.60 Å². The normalized spacial score (nSPS) is 15.5. The molecule has 2 atom stereocenters. The molecule has 0 aliphatic carbocycles. The Bertz CT molecular complexity index is 419. The highest BCUT2D eigenvalue weighted by Gasteiger charge is 2.25. The molecule has 0 saturated heterocycles. The van der Waals surface area contributed by atoms with Crippen molar-refractivity contribution in [3.8, 4) is 0 Å². The number of amides is 2. The van der Waals surface area contributed by atoms with E-state index >= 15 is 0 Å². The second-order valence-corrected chi connectivity index (χ2v) is 6.86. The van der Waals surface area contributed by atoms with Gasteiger partial charge in [-0.1, -0.05) is 19.9 Å². The predicted molar refractivity (Wildman–Crippen MR) is 85.5 cm³/mol. The predicted octanol–water partition coefficient (Wildman–Crippen LogP) is 2.32. The standard InChI is InChI=1S/C15H26N2O3S/c1-11(2)8-20-9-12(3)17-14(18)16-10-15(4,19)13-6-5-7-21-13/h5-7,11-12,19H,8-10H2,1-4H3,(H2,16,17,18)/t12-,15+/m0/s1. The van der Waals surface area contributed by atoms with Crippen molar-refractivity contribution in [1.29, 1.82) is 0 Å². The first-order chi connectivity index (χ1) is 9.81. The van der Waals surface area contributed by atoms with Crippen molar-refractivity contribution in [3.05, 3.63) is 22.4 Å². The van der Waals surface area contributed by atoms with Gasteiger partial charge in [-0.2, -0.15) is 0 Å². The first kappa shape index (κ1) is 17.9. The number of hydrogen-bond donors (Lipinski definition) is 3. The van der Waals surface area contributed by atoms with Gasteiger partial charge >= 0.3 is 6.03 Å². The highest BCUT2D eigenvalue weighted by molar-refractivity contribution is 7.10. The van der Waals surface area contributed by atoms with Crippen LogP contribution in [0.4, 0.5) is 4.79 Å². The zero-order valence-electron chi connectivity index (χ0n) is 13.2. The number of thiophene rings is 1. The van der Waals surface area contributed by atoms with E-state index in [4.69, 9.17) is 4.74 Å². The second kappa shape index (κ2) is 8.36. The largest absolute Gasteiger partial charge is 0.383 e. The zero-order valence-corrected chi connectivity index (χ0v) is 14.0. The first-order valence-corrected chi connectivity index (χ1v) is 8.07. The Labute approximate surface area is 130 Å². The molecule has 21 heavy (non-hydrogen) atoms. The number of rotatable bonds is 8. The van der Waals surface area contributed by atoms with Crippen LogP contribution in [-0.4, -0.2) is 36.9 Å². The summed E-state index contributed by atoms with van der Waals surface area (Å²) in [4.78, 5) is 12.6. The molecule has 1 heterocycles. The SMILES string of the molecule is CC(C)COC[C@H](C)NC(=O)NC[C@@](C)(O)c1cccs1. The number of aliphatic hydroxyl groups is 1. The molecule has 0 saturated carbocycles. The topological polar surface area (TPSA) is 70.6 Å². The van der Waals surface area contributed by atoms with E-state index in [1.165, 1.54) is 11.3 Å². The van der Waals surface area contributed by atoms with Crippen molar-refractivity contribution < 1.29 is 14.6 Å². The van der Waals surface area contributed by atoms with Gasteiger partial charge in [0.1, 0.15) is 5.60 Å². The minimum atomic E-state index is -1.05. The van der Waals surface area contributed by atoms with E-state index in [-0.39, 0.29) is 18.6 Å². The van der Waals surface area contributed by atoms with Gasteiger partial charge in [0.25, 0.3) is 0 Å². The first-order valence-electron chi connectivity index (χ1n) is 7.19. The number of carbonyl (C=O) groups excluding carboxylic acids is 1. The van der Waals surface area contributed by atoms with Crippen LogP contribution >= 0.6 is 11.3 Å². The molecule has 3 N–H and O–H groups in total. The average Bonchev–Trinajstić information content (AvgIpc) is 2.90. The van der Waals surface area contributed by atoms with Gasteiger partial charge in [-0.25, -0.2) is 4.79 Å². The van der Waals surface area contributed by atoms with Gasteiger partial charge in [0.15, 0.2) is 0 Å². The lowest BCUT2D eigenvalue weighted by molar-refractivity contribution is 0.0623. The van der Waals surface area contributed by atoms with E-state index in [0.29, 0.717) is 19.1 Å². The van der Waals surface area contributed by atoms with Crippen molar-refractivity contribution in [2.24, 2.45) is 5.92 Å². The third-order valence-electron chi connectivity index (χ3n) is 2.84. The van der Waals surface area contributed by atoms with Gasteiger partial charge in [0.05, 0.1) is 19.2 Å². The molecule has 2 amide bonds. The second-order valence-electron chi connectivity index (χ2n) is 5.91. The molecule has 0 fully saturated rings. The van der Waals surface area contributed by atoms with Crippen molar-refractivity contribution in [2.75, 3.05) is 19.8 Å². The minimum Gasteiger partial charge on any atom is -0.383 e. The fourth-order valence-corrected chi connectivity index (χ4v) is 2.51. The Balaban J connectivity index is 2.27. The Morgan fingerprint density at radius 2 is 2.14 bits per heavy atom. The maximum atomic E-state index is 11.8. The molecule has 120 valence electrons. The van der Waals surface area contributed by atoms with Gasteiger partial charge in [-0.05, 0) is 31.2 Å². The lowest BCUT2D eigenvalue weighted by Crippen LogP contribution is -2.47. The van der Waals surface area contributed by atoms with Crippen LogP contribution in [0.2, 0.25) is 0 Å². The fraction of sp³-hybridized carbons (Fsp3) is 0.667. The van der Waals surface area contributed by atoms with E-state index in [2.05, 4.69) is 24.5 Å². The molecule has 0 radical (unpaired) electrons. The number of urea groups is 1. The molecule has 0 spiro atoms. The van der Waals surface area contributed by atoms with Crippen LogP contribution in [0, 0.1) is 5.92 Å². The van der Waals surface area contributed by atoms with E-state index in [1.54, 1.807) is 6.92 Å². The highest BCUT2D eigenvalue weighted by atomic mass is 32.1. The number of carbonyl (C=O) groups is 1. The van der Waals surface area contributed by atoms with Crippen molar-refractivity contribution in [2.45, 2.75) is 39.3 Å². The van der Waals surface area contributed by atoms with Crippen LogP contribution in [0.1, 0.15) is 32.6 Å². The molecule has 0 aromatic carbocycles. The summed E-state index contributed by atoms with van der Waals surface area (Å²) < 4.78 is 5.47. The molecule has 0 aliphatic heterocycles. The summed E-state index contributed by atoms with van der Waals surface area (Å²) in [5, 5.41) is 17.7. The lowest BCUT2D eigenvalue weighted by atomic mass is 10.1. The van der Waals surface area contributed by atoms with Gasteiger partial charge in [0.2, 0.25) is 0 Å². The Kier molecular flexibility index (Phi) is 7.14. The summed E-state index contributed by atoms with van der Waals surface area (Å²) in [6.07, 6.45) is 0. The van der Waals surface area contributed by atoms with Crippen LogP contribution in [0.5, 0.6) is 0 Å². The maximum absolute atomic E-state index is 11.8. The molecule has 1 aromatic heterocycles. The Morgan fingerprint density at radius 1 is 1.43 bits per heavy atom. The molecule has 6 heteroatoms. The third-order valence-corrected chi connectivity index (χ3v) is 3.96. The summed E-state index contributed by atoms with van der Waals surface area (Å²) in [7, 11) is 0. The van der Waals surface area contributed by atoms with Crippen molar-refractivity contribution in [3.63, 3.8) is 0 Å². The van der Waals surface area contributed by atoms with E-state index in [9.17, 15) is 9.90 Å². The number of ether oxygens (including phenoxy) is 1. The molecule has 0 aliphatic rings. The molecular weight excluding hydrogens is 288 g/mol. The van der Waals surface area contributed by atoms with Crippen molar-refractivity contribution >= 4 is 17.4 Å². The summed E-state index contributed by atoms with van der Waals surface area (Å²) in [6.45, 7) is 9.06. The summed E-state index contributed by atoms with van der Waals surface area (Å²) in [5.74, 6) is 0.479. The van der Waals surface area contributed by atoms with Gasteiger partial charge in [-0.3, -0.25) is 0 Å². The van der Waals surface area contributed by atoms with E-state index in [0.717, 1.165) is 4.88 Å². The summed E-state index contributed by atoms with van der Waals surface area (Å²) >= 11 is 1.47. The number of hydrogen-bond acceptors (Lipinski definition) is 4. The average molecular weight is 314 g/mol. The monoisotopic (exact) mass is 314 g/mol. The molecule has 1 rings (SSSR count). The fourth-order valence-electron chi connectivity index (χ4n) is 1.72. The molecule has 1 aromatic rings. The minimum absolute atomic E-state index is 0.0737. The Hall–Kier alpha value is -1.11. The van der Waals surface area contributed by atoms with Gasteiger partial charge in [-0.15, -0.1) is 11.3 Å². The van der Waals surface area contributed by atoms with Crippen LogP contribution in [-0.2, 0) is 10.3 Å². The molecule has 0 unspecified atom stereocenters.